The summed E-state index contributed by atoms with van der Waals surface area (Å²) in [5.74, 6) is -0.398. The van der Waals surface area contributed by atoms with Crippen LogP contribution in [0, 0.1) is 0 Å². The molecule has 0 aromatic heterocycles. The minimum absolute atomic E-state index is 0.00510. The maximum absolute atomic E-state index is 12.2. The predicted octanol–water partition coefficient (Wildman–Crippen LogP) is 4.05. The highest BCUT2D eigenvalue weighted by Gasteiger charge is 2.14. The molecule has 0 bridgehead atoms. The van der Waals surface area contributed by atoms with Crippen LogP contribution < -0.4 is 4.74 Å². The van der Waals surface area contributed by atoms with Gasteiger partial charge in [0.05, 0.1) is 13.0 Å². The van der Waals surface area contributed by atoms with E-state index in [0.29, 0.717) is 15.4 Å². The first-order valence-corrected chi connectivity index (χ1v) is 7.37. The third-order valence-electron chi connectivity index (χ3n) is 2.21. The molecule has 0 atom stereocenters. The van der Waals surface area contributed by atoms with Crippen molar-refractivity contribution in [3.63, 3.8) is 0 Å². The third-order valence-corrected chi connectivity index (χ3v) is 3.83. The fourth-order valence-electron chi connectivity index (χ4n) is 1.48. The Kier molecular flexibility index (Phi) is 6.71. The molecular weight excluding hydrogens is 390 g/mol. The van der Waals surface area contributed by atoms with Gasteiger partial charge in [-0.3, -0.25) is 4.79 Å². The number of ether oxygens (including phenoxy) is 2. The van der Waals surface area contributed by atoms with Crippen molar-refractivity contribution < 1.29 is 23.0 Å². The van der Waals surface area contributed by atoms with Crippen LogP contribution in [0.1, 0.15) is 18.1 Å². The number of halogens is 4. The van der Waals surface area contributed by atoms with E-state index in [1.165, 1.54) is 12.1 Å². The average molecular weight is 402 g/mol. The van der Waals surface area contributed by atoms with Crippen LogP contribution in [0.15, 0.2) is 16.6 Å². The van der Waals surface area contributed by atoms with Crippen molar-refractivity contribution in [2.45, 2.75) is 25.3 Å². The third kappa shape index (κ3) is 5.06. The molecule has 0 fully saturated rings. The van der Waals surface area contributed by atoms with E-state index in [0.717, 1.165) is 5.56 Å². The highest BCUT2D eigenvalue weighted by molar-refractivity contribution is 9.10. The molecule has 1 aromatic carbocycles. The Hall–Kier alpha value is -0.690. The van der Waals surface area contributed by atoms with Gasteiger partial charge in [0.25, 0.3) is 0 Å². The summed E-state index contributed by atoms with van der Waals surface area (Å²) in [6, 6.07) is 2.89. The molecule has 0 aliphatic heterocycles. The molecule has 0 amide bonds. The van der Waals surface area contributed by atoms with Crippen molar-refractivity contribution >= 4 is 37.8 Å². The van der Waals surface area contributed by atoms with Gasteiger partial charge in [-0.1, -0.05) is 31.9 Å². The Balaban J connectivity index is 3.03. The topological polar surface area (TPSA) is 35.5 Å². The number of hydrogen-bond donors (Lipinski definition) is 0. The summed E-state index contributed by atoms with van der Waals surface area (Å²) in [5.41, 5.74) is 1.27. The van der Waals surface area contributed by atoms with Crippen LogP contribution >= 0.6 is 31.9 Å². The quantitative estimate of drug-likeness (QED) is 0.532. The van der Waals surface area contributed by atoms with Gasteiger partial charge in [0.2, 0.25) is 0 Å². The van der Waals surface area contributed by atoms with Gasteiger partial charge in [0.15, 0.2) is 0 Å². The van der Waals surface area contributed by atoms with E-state index >= 15 is 0 Å². The second-order valence-corrected chi connectivity index (χ2v) is 4.90. The first-order valence-electron chi connectivity index (χ1n) is 5.45. The summed E-state index contributed by atoms with van der Waals surface area (Å²) in [5, 5.41) is 0.448. The number of carbonyl (C=O) groups excluding carboxylic acids is 1. The summed E-state index contributed by atoms with van der Waals surface area (Å²) in [6.07, 6.45) is -0.00510. The van der Waals surface area contributed by atoms with E-state index in [1.807, 2.05) is 0 Å². The molecule has 0 saturated carbocycles. The van der Waals surface area contributed by atoms with Crippen LogP contribution in [0.2, 0.25) is 0 Å². The van der Waals surface area contributed by atoms with E-state index in [4.69, 9.17) is 4.74 Å². The lowest BCUT2D eigenvalue weighted by Crippen LogP contribution is -2.09. The maximum Gasteiger partial charge on any atom is 0.387 e. The number of hydrogen-bond acceptors (Lipinski definition) is 3. The molecule has 3 nitrogen and oxygen atoms in total. The zero-order valence-corrected chi connectivity index (χ0v) is 13.3. The Morgan fingerprint density at radius 1 is 1.37 bits per heavy atom. The van der Waals surface area contributed by atoms with Gasteiger partial charge in [-0.15, -0.1) is 0 Å². The maximum atomic E-state index is 12.2. The molecule has 0 saturated heterocycles. The molecular formula is C12H12Br2F2O3. The Morgan fingerprint density at radius 2 is 2.00 bits per heavy atom. The molecule has 0 aliphatic rings. The van der Waals surface area contributed by atoms with Crippen molar-refractivity contribution in [1.82, 2.24) is 0 Å². The van der Waals surface area contributed by atoms with Crippen molar-refractivity contribution in [3.8, 4) is 5.75 Å². The number of carbonyl (C=O) groups is 1. The lowest BCUT2D eigenvalue weighted by Gasteiger charge is -2.12. The molecule has 0 N–H and O–H groups in total. The van der Waals surface area contributed by atoms with Crippen molar-refractivity contribution in [3.05, 3.63) is 27.7 Å². The second kappa shape index (κ2) is 7.79. The highest BCUT2D eigenvalue weighted by Crippen LogP contribution is 2.30. The summed E-state index contributed by atoms with van der Waals surface area (Å²) in [4.78, 5) is 11.5. The normalized spacial score (nSPS) is 10.6. The van der Waals surface area contributed by atoms with Crippen LogP contribution in [0.3, 0.4) is 0 Å². The van der Waals surface area contributed by atoms with Gasteiger partial charge >= 0.3 is 12.6 Å². The van der Waals surface area contributed by atoms with Gasteiger partial charge in [0.1, 0.15) is 5.75 Å². The van der Waals surface area contributed by atoms with E-state index in [1.54, 1.807) is 6.92 Å². The Bertz CT molecular complexity index is 453. The number of benzene rings is 1. The Labute approximate surface area is 126 Å². The number of esters is 1. The second-order valence-electron chi connectivity index (χ2n) is 3.55. The van der Waals surface area contributed by atoms with Crippen LogP contribution in [0.25, 0.3) is 0 Å². The average Bonchev–Trinajstić information content (AvgIpc) is 2.32. The monoisotopic (exact) mass is 400 g/mol. The summed E-state index contributed by atoms with van der Waals surface area (Å²) in [7, 11) is 0. The van der Waals surface area contributed by atoms with E-state index in [2.05, 4.69) is 36.6 Å². The van der Waals surface area contributed by atoms with Crippen LogP contribution in [-0.2, 0) is 21.3 Å². The summed E-state index contributed by atoms with van der Waals surface area (Å²) in [6.45, 7) is -0.929. The molecule has 0 aliphatic carbocycles. The molecule has 0 heterocycles. The molecule has 19 heavy (non-hydrogen) atoms. The SMILES string of the molecule is CCOC(=O)Cc1cc(OC(F)F)cc(CBr)c1Br. The molecule has 7 heteroatoms. The van der Waals surface area contributed by atoms with Gasteiger partial charge in [-0.05, 0) is 30.2 Å². The van der Waals surface area contributed by atoms with Crippen molar-refractivity contribution in [1.29, 1.82) is 0 Å². The van der Waals surface area contributed by atoms with Crippen LogP contribution in [-0.4, -0.2) is 19.2 Å². The van der Waals surface area contributed by atoms with Gasteiger partial charge in [-0.2, -0.15) is 8.78 Å². The lowest BCUT2D eigenvalue weighted by atomic mass is 10.1. The minimum Gasteiger partial charge on any atom is -0.466 e. The first-order chi connectivity index (χ1) is 8.97. The molecule has 0 spiro atoms. The fraction of sp³-hybridized carbons (Fsp3) is 0.417. The van der Waals surface area contributed by atoms with Crippen molar-refractivity contribution in [2.75, 3.05) is 6.61 Å². The van der Waals surface area contributed by atoms with Crippen LogP contribution in [0.4, 0.5) is 8.78 Å². The van der Waals surface area contributed by atoms with Gasteiger partial charge < -0.3 is 9.47 Å². The molecule has 0 radical (unpaired) electrons. The molecule has 0 unspecified atom stereocenters. The van der Waals surface area contributed by atoms with Crippen LogP contribution in [0.5, 0.6) is 5.75 Å². The minimum atomic E-state index is -2.90. The smallest absolute Gasteiger partial charge is 0.387 e. The van der Waals surface area contributed by atoms with E-state index < -0.39 is 12.6 Å². The largest absolute Gasteiger partial charge is 0.466 e. The number of alkyl halides is 3. The molecule has 106 valence electrons. The molecule has 1 aromatic rings. The van der Waals surface area contributed by atoms with E-state index in [9.17, 15) is 13.6 Å². The zero-order chi connectivity index (χ0) is 14.4. The molecule has 1 rings (SSSR count). The number of rotatable bonds is 6. The zero-order valence-electron chi connectivity index (χ0n) is 10.1. The lowest BCUT2D eigenvalue weighted by molar-refractivity contribution is -0.142. The van der Waals surface area contributed by atoms with Gasteiger partial charge in [0, 0.05) is 9.80 Å². The Morgan fingerprint density at radius 3 is 2.53 bits per heavy atom. The summed E-state index contributed by atoms with van der Waals surface area (Å²) < 4.78 is 34.4. The fourth-order valence-corrected chi connectivity index (χ4v) is 2.81. The first kappa shape index (κ1) is 16.4. The van der Waals surface area contributed by atoms with E-state index in [-0.39, 0.29) is 18.8 Å². The standard InChI is InChI=1S/C12H12Br2F2O3/c1-2-18-10(17)5-7-3-9(19-12(15)16)4-8(6-13)11(7)14/h3-4,12H,2,5-6H2,1H3. The predicted molar refractivity (Wildman–Crippen MR) is 73.7 cm³/mol. The van der Waals surface area contributed by atoms with Gasteiger partial charge in [-0.25, -0.2) is 0 Å². The van der Waals surface area contributed by atoms with Crippen molar-refractivity contribution in [2.24, 2.45) is 0 Å². The summed E-state index contributed by atoms with van der Waals surface area (Å²) >= 11 is 6.59. The highest BCUT2D eigenvalue weighted by atomic mass is 79.9.